The lowest BCUT2D eigenvalue weighted by Crippen LogP contribution is -1.91. The third-order valence-electron chi connectivity index (χ3n) is 2.32. The minimum atomic E-state index is 0.906. The van der Waals surface area contributed by atoms with E-state index in [1.54, 1.807) is 6.20 Å². The van der Waals surface area contributed by atoms with E-state index in [4.69, 9.17) is 0 Å². The largest absolute Gasteiger partial charge is 0.252 e. The highest BCUT2D eigenvalue weighted by atomic mass is 15.4. The van der Waals surface area contributed by atoms with Crippen molar-refractivity contribution < 1.29 is 0 Å². The van der Waals surface area contributed by atoms with Gasteiger partial charge in [0, 0.05) is 0 Å². The van der Waals surface area contributed by atoms with E-state index in [-0.39, 0.29) is 0 Å². The van der Waals surface area contributed by atoms with Crippen LogP contribution in [0, 0.1) is 6.92 Å². The second kappa shape index (κ2) is 2.51. The monoisotopic (exact) mass is 184 g/mol. The molecule has 4 heteroatoms. The molecule has 0 saturated heterocycles. The van der Waals surface area contributed by atoms with E-state index in [0.717, 1.165) is 22.2 Å². The predicted molar refractivity (Wildman–Crippen MR) is 53.0 cm³/mol. The molecule has 0 atom stereocenters. The number of hydrogen-bond acceptors (Lipinski definition) is 3. The lowest BCUT2D eigenvalue weighted by atomic mass is 10.3. The molecular formula is C10H8N4. The van der Waals surface area contributed by atoms with Crippen LogP contribution in [0.3, 0.4) is 0 Å². The van der Waals surface area contributed by atoms with Crippen molar-refractivity contribution >= 4 is 16.6 Å². The number of nitrogens with zero attached hydrogens (tertiary/aromatic N) is 4. The Hall–Kier alpha value is -1.97. The number of rotatable bonds is 0. The zero-order chi connectivity index (χ0) is 9.54. The van der Waals surface area contributed by atoms with Gasteiger partial charge in [-0.1, -0.05) is 17.3 Å². The topological polar surface area (TPSA) is 43.1 Å². The molecule has 0 N–H and O–H groups in total. The molecule has 0 fully saturated rings. The fourth-order valence-corrected chi connectivity index (χ4v) is 1.57. The Labute approximate surface area is 80.2 Å². The van der Waals surface area contributed by atoms with Gasteiger partial charge in [-0.3, -0.25) is 4.98 Å². The Kier molecular flexibility index (Phi) is 1.33. The van der Waals surface area contributed by atoms with Crippen molar-refractivity contribution in [3.05, 3.63) is 36.2 Å². The molecule has 0 radical (unpaired) electrons. The number of benzene rings is 1. The lowest BCUT2D eigenvalue weighted by Gasteiger charge is -1.98. The van der Waals surface area contributed by atoms with Crippen LogP contribution in [-0.4, -0.2) is 19.8 Å². The van der Waals surface area contributed by atoms with Crippen LogP contribution in [0.15, 0.2) is 30.5 Å². The van der Waals surface area contributed by atoms with Gasteiger partial charge >= 0.3 is 0 Å². The van der Waals surface area contributed by atoms with E-state index in [2.05, 4.69) is 15.3 Å². The molecule has 2 aromatic heterocycles. The van der Waals surface area contributed by atoms with Crippen molar-refractivity contribution in [1.29, 1.82) is 0 Å². The Morgan fingerprint density at radius 1 is 1.14 bits per heavy atom. The van der Waals surface area contributed by atoms with E-state index in [1.807, 2.05) is 35.7 Å². The fourth-order valence-electron chi connectivity index (χ4n) is 1.57. The molecule has 0 aliphatic heterocycles. The number of para-hydroxylation sites is 2. The molecule has 0 spiro atoms. The minimum absolute atomic E-state index is 0.906. The molecule has 3 rings (SSSR count). The van der Waals surface area contributed by atoms with Crippen molar-refractivity contribution in [3.8, 4) is 0 Å². The molecule has 0 unspecified atom stereocenters. The summed E-state index contributed by atoms with van der Waals surface area (Å²) in [6, 6.07) is 7.89. The zero-order valence-corrected chi connectivity index (χ0v) is 7.68. The van der Waals surface area contributed by atoms with Gasteiger partial charge in [0.1, 0.15) is 5.52 Å². The average Bonchev–Trinajstić information content (AvgIpc) is 2.61. The molecule has 0 amide bonds. The molecule has 0 aliphatic carbocycles. The summed E-state index contributed by atoms with van der Waals surface area (Å²) in [4.78, 5) is 4.34. The molecule has 4 nitrogen and oxygen atoms in total. The van der Waals surface area contributed by atoms with Crippen LogP contribution in [0.2, 0.25) is 0 Å². The first kappa shape index (κ1) is 7.44. The average molecular weight is 184 g/mol. The van der Waals surface area contributed by atoms with E-state index < -0.39 is 0 Å². The van der Waals surface area contributed by atoms with Gasteiger partial charge in [0.15, 0.2) is 0 Å². The maximum absolute atomic E-state index is 4.34. The Morgan fingerprint density at radius 2 is 2.00 bits per heavy atom. The van der Waals surface area contributed by atoms with Crippen molar-refractivity contribution in [2.45, 2.75) is 6.92 Å². The fraction of sp³-hybridized carbons (Fsp3) is 0.100. The number of hydrogen-bond donors (Lipinski definition) is 0. The summed E-state index contributed by atoms with van der Waals surface area (Å²) in [5, 5.41) is 8.09. The zero-order valence-electron chi connectivity index (χ0n) is 7.68. The molecule has 68 valence electrons. The summed E-state index contributed by atoms with van der Waals surface area (Å²) in [6.07, 6.45) is 1.80. The number of aromatic nitrogens is 4. The Morgan fingerprint density at radius 3 is 2.93 bits per heavy atom. The van der Waals surface area contributed by atoms with Crippen LogP contribution >= 0.6 is 0 Å². The van der Waals surface area contributed by atoms with Crippen LogP contribution < -0.4 is 0 Å². The summed E-state index contributed by atoms with van der Waals surface area (Å²) >= 11 is 0. The highest BCUT2D eigenvalue weighted by Gasteiger charge is 2.04. The molecule has 0 bridgehead atoms. The molecule has 14 heavy (non-hydrogen) atoms. The van der Waals surface area contributed by atoms with Gasteiger partial charge in [0.25, 0.3) is 0 Å². The lowest BCUT2D eigenvalue weighted by molar-refractivity contribution is 0.871. The highest BCUT2D eigenvalue weighted by Crippen LogP contribution is 2.14. The maximum Gasteiger partial charge on any atom is 0.108 e. The SMILES string of the molecule is Cc1nnn2c1cnc1ccccc12. The third kappa shape index (κ3) is 0.849. The van der Waals surface area contributed by atoms with Gasteiger partial charge in [-0.05, 0) is 19.1 Å². The molecule has 1 aromatic carbocycles. The first-order chi connectivity index (χ1) is 6.86. The second-order valence-electron chi connectivity index (χ2n) is 3.22. The van der Waals surface area contributed by atoms with Gasteiger partial charge in [-0.15, -0.1) is 5.10 Å². The van der Waals surface area contributed by atoms with Gasteiger partial charge in [-0.2, -0.15) is 0 Å². The molecule has 3 aromatic rings. The Bertz CT molecular complexity index is 612. The van der Waals surface area contributed by atoms with Crippen molar-refractivity contribution in [1.82, 2.24) is 19.8 Å². The van der Waals surface area contributed by atoms with Crippen molar-refractivity contribution in [2.75, 3.05) is 0 Å². The maximum atomic E-state index is 4.34. The van der Waals surface area contributed by atoms with Gasteiger partial charge in [-0.25, -0.2) is 4.52 Å². The third-order valence-corrected chi connectivity index (χ3v) is 2.32. The summed E-state index contributed by atoms with van der Waals surface area (Å²) < 4.78 is 1.82. The minimum Gasteiger partial charge on any atom is -0.252 e. The Balaban J connectivity index is 2.61. The molecule has 0 saturated carbocycles. The van der Waals surface area contributed by atoms with Crippen LogP contribution in [0.5, 0.6) is 0 Å². The summed E-state index contributed by atoms with van der Waals surface area (Å²) in [5.41, 5.74) is 3.79. The first-order valence-electron chi connectivity index (χ1n) is 4.42. The molecule has 2 heterocycles. The van der Waals surface area contributed by atoms with Gasteiger partial charge in [0.2, 0.25) is 0 Å². The van der Waals surface area contributed by atoms with Crippen molar-refractivity contribution in [2.24, 2.45) is 0 Å². The number of aryl methyl sites for hydroxylation is 1. The smallest absolute Gasteiger partial charge is 0.108 e. The van der Waals surface area contributed by atoms with E-state index in [9.17, 15) is 0 Å². The summed E-state index contributed by atoms with van der Waals surface area (Å²) in [6.45, 7) is 1.93. The first-order valence-corrected chi connectivity index (χ1v) is 4.42. The van der Waals surface area contributed by atoms with E-state index >= 15 is 0 Å². The van der Waals surface area contributed by atoms with Crippen molar-refractivity contribution in [3.63, 3.8) is 0 Å². The molecular weight excluding hydrogens is 176 g/mol. The summed E-state index contributed by atoms with van der Waals surface area (Å²) in [7, 11) is 0. The summed E-state index contributed by atoms with van der Waals surface area (Å²) in [5.74, 6) is 0. The van der Waals surface area contributed by atoms with Crippen LogP contribution in [0.25, 0.3) is 16.6 Å². The van der Waals surface area contributed by atoms with Gasteiger partial charge < -0.3 is 0 Å². The normalized spacial score (nSPS) is 11.2. The highest BCUT2D eigenvalue weighted by molar-refractivity contribution is 5.77. The van der Waals surface area contributed by atoms with Gasteiger partial charge in [0.05, 0.1) is 22.9 Å². The van der Waals surface area contributed by atoms with E-state index in [1.165, 1.54) is 0 Å². The van der Waals surface area contributed by atoms with Crippen LogP contribution in [0.4, 0.5) is 0 Å². The van der Waals surface area contributed by atoms with Crippen LogP contribution in [-0.2, 0) is 0 Å². The van der Waals surface area contributed by atoms with E-state index in [0.29, 0.717) is 0 Å². The predicted octanol–water partition coefficient (Wildman–Crippen LogP) is 1.59. The quantitative estimate of drug-likeness (QED) is 0.532. The second-order valence-corrected chi connectivity index (χ2v) is 3.22. The van der Waals surface area contributed by atoms with Crippen LogP contribution in [0.1, 0.15) is 5.69 Å². The standard InChI is InChI=1S/C10H8N4/c1-7-10-6-11-8-4-2-3-5-9(8)14(10)13-12-7/h2-6H,1H3. The number of fused-ring (bicyclic) bond motifs is 3. The molecule has 0 aliphatic rings.